The normalized spacial score (nSPS) is 10.6. The molecule has 0 aliphatic heterocycles. The van der Waals surface area contributed by atoms with Crippen LogP contribution in [0.5, 0.6) is 0 Å². The third kappa shape index (κ3) is 2.49. The Hall–Kier alpha value is -1.19. The molecule has 0 radical (unpaired) electrons. The molecule has 0 fully saturated rings. The fourth-order valence-electron chi connectivity index (χ4n) is 1.68. The van der Waals surface area contributed by atoms with E-state index >= 15 is 0 Å². The maximum absolute atomic E-state index is 5.51. The van der Waals surface area contributed by atoms with Crippen molar-refractivity contribution in [2.75, 3.05) is 6.54 Å². The van der Waals surface area contributed by atoms with Gasteiger partial charge in [0.15, 0.2) is 0 Å². The molecule has 0 aliphatic carbocycles. The van der Waals surface area contributed by atoms with Crippen LogP contribution < -0.4 is 5.73 Å². The lowest BCUT2D eigenvalue weighted by Crippen LogP contribution is -1.99. The highest BCUT2D eigenvalue weighted by molar-refractivity contribution is 7.12. The van der Waals surface area contributed by atoms with Gasteiger partial charge in [0.25, 0.3) is 0 Å². The molecule has 2 aromatic rings. The van der Waals surface area contributed by atoms with Gasteiger partial charge in [-0.25, -0.2) is 4.98 Å². The van der Waals surface area contributed by atoms with Crippen LogP contribution in [0.4, 0.5) is 0 Å². The molecule has 0 saturated carbocycles. The summed E-state index contributed by atoms with van der Waals surface area (Å²) in [7, 11) is 0. The lowest BCUT2D eigenvalue weighted by molar-refractivity contribution is 0.826. The van der Waals surface area contributed by atoms with E-state index in [1.807, 2.05) is 18.2 Å². The van der Waals surface area contributed by atoms with Gasteiger partial charge in [0.2, 0.25) is 0 Å². The molecule has 0 atom stereocenters. The highest BCUT2D eigenvalue weighted by Gasteiger charge is 2.08. The molecule has 3 heteroatoms. The van der Waals surface area contributed by atoms with Crippen molar-refractivity contribution in [3.05, 3.63) is 40.2 Å². The molecule has 2 nitrogen and oxygen atoms in total. The van der Waals surface area contributed by atoms with Crippen molar-refractivity contribution < 1.29 is 0 Å². The van der Waals surface area contributed by atoms with Crippen molar-refractivity contribution in [3.8, 4) is 11.3 Å². The number of aryl methyl sites for hydroxylation is 2. The van der Waals surface area contributed by atoms with Crippen molar-refractivity contribution >= 4 is 11.3 Å². The van der Waals surface area contributed by atoms with Crippen LogP contribution in [0.25, 0.3) is 11.3 Å². The van der Waals surface area contributed by atoms with Crippen LogP contribution >= 0.6 is 11.3 Å². The SMILES string of the molecule is Cc1sc(CCCN)nc1-c1ccccc1. The minimum atomic E-state index is 0.735. The molecule has 1 heterocycles. The third-order valence-electron chi connectivity index (χ3n) is 2.48. The van der Waals surface area contributed by atoms with Crippen molar-refractivity contribution in [1.82, 2.24) is 4.98 Å². The Morgan fingerprint density at radius 2 is 2.00 bits per heavy atom. The van der Waals surface area contributed by atoms with E-state index in [2.05, 4.69) is 24.0 Å². The molecule has 0 bridgehead atoms. The predicted molar refractivity (Wildman–Crippen MR) is 69.7 cm³/mol. The summed E-state index contributed by atoms with van der Waals surface area (Å²) in [5.74, 6) is 0. The summed E-state index contributed by atoms with van der Waals surface area (Å²) < 4.78 is 0. The number of hydrogen-bond acceptors (Lipinski definition) is 3. The van der Waals surface area contributed by atoms with Crippen molar-refractivity contribution in [2.24, 2.45) is 5.73 Å². The number of rotatable bonds is 4. The van der Waals surface area contributed by atoms with E-state index in [9.17, 15) is 0 Å². The maximum atomic E-state index is 5.51. The second kappa shape index (κ2) is 5.23. The monoisotopic (exact) mass is 232 g/mol. The first-order valence-corrected chi connectivity index (χ1v) is 6.34. The first-order chi connectivity index (χ1) is 7.81. The van der Waals surface area contributed by atoms with Crippen LogP contribution in [-0.2, 0) is 6.42 Å². The standard InChI is InChI=1S/C13H16N2S/c1-10-13(11-6-3-2-4-7-11)15-12(16-10)8-5-9-14/h2-4,6-7H,5,8-9,14H2,1H3. The van der Waals surface area contributed by atoms with Gasteiger partial charge in [0.05, 0.1) is 10.7 Å². The van der Waals surface area contributed by atoms with Gasteiger partial charge in [-0.15, -0.1) is 11.3 Å². The van der Waals surface area contributed by atoms with E-state index in [0.717, 1.165) is 25.1 Å². The number of hydrogen-bond donors (Lipinski definition) is 1. The number of benzene rings is 1. The molecule has 16 heavy (non-hydrogen) atoms. The maximum Gasteiger partial charge on any atom is 0.0935 e. The van der Waals surface area contributed by atoms with Crippen LogP contribution in [0.15, 0.2) is 30.3 Å². The van der Waals surface area contributed by atoms with Crippen molar-refractivity contribution in [3.63, 3.8) is 0 Å². The average molecular weight is 232 g/mol. The smallest absolute Gasteiger partial charge is 0.0935 e. The van der Waals surface area contributed by atoms with E-state index in [0.29, 0.717) is 0 Å². The minimum absolute atomic E-state index is 0.735. The molecule has 0 amide bonds. The highest BCUT2D eigenvalue weighted by atomic mass is 32.1. The largest absolute Gasteiger partial charge is 0.330 e. The van der Waals surface area contributed by atoms with Crippen LogP contribution in [0, 0.1) is 6.92 Å². The fourth-order valence-corrected chi connectivity index (χ4v) is 2.67. The second-order valence-electron chi connectivity index (χ2n) is 3.77. The summed E-state index contributed by atoms with van der Waals surface area (Å²) >= 11 is 1.78. The molecule has 0 aliphatic rings. The zero-order chi connectivity index (χ0) is 11.4. The van der Waals surface area contributed by atoms with E-state index in [-0.39, 0.29) is 0 Å². The van der Waals surface area contributed by atoms with Crippen LogP contribution in [0.3, 0.4) is 0 Å². The summed E-state index contributed by atoms with van der Waals surface area (Å²) in [6, 6.07) is 10.3. The Balaban J connectivity index is 2.25. The van der Waals surface area contributed by atoms with E-state index in [1.54, 1.807) is 11.3 Å². The molecule has 0 saturated heterocycles. The number of nitrogens with zero attached hydrogens (tertiary/aromatic N) is 1. The van der Waals surface area contributed by atoms with Gasteiger partial charge in [-0.2, -0.15) is 0 Å². The molecule has 1 aromatic heterocycles. The Morgan fingerprint density at radius 1 is 1.25 bits per heavy atom. The lowest BCUT2D eigenvalue weighted by Gasteiger charge is -1.96. The van der Waals surface area contributed by atoms with Gasteiger partial charge in [-0.05, 0) is 19.9 Å². The van der Waals surface area contributed by atoms with Crippen LogP contribution in [0.1, 0.15) is 16.3 Å². The zero-order valence-electron chi connectivity index (χ0n) is 9.44. The van der Waals surface area contributed by atoms with Gasteiger partial charge in [-0.1, -0.05) is 30.3 Å². The highest BCUT2D eigenvalue weighted by Crippen LogP contribution is 2.27. The summed E-state index contributed by atoms with van der Waals surface area (Å²) in [4.78, 5) is 5.97. The molecule has 1 aromatic carbocycles. The second-order valence-corrected chi connectivity index (χ2v) is 5.06. The lowest BCUT2D eigenvalue weighted by atomic mass is 10.1. The minimum Gasteiger partial charge on any atom is -0.330 e. The number of thiazole rings is 1. The summed E-state index contributed by atoms with van der Waals surface area (Å²) in [5, 5.41) is 1.20. The Bertz CT molecular complexity index is 448. The van der Waals surface area contributed by atoms with Crippen molar-refractivity contribution in [1.29, 1.82) is 0 Å². The van der Waals surface area contributed by atoms with Gasteiger partial charge in [-0.3, -0.25) is 0 Å². The first-order valence-electron chi connectivity index (χ1n) is 5.53. The van der Waals surface area contributed by atoms with Crippen LogP contribution in [0.2, 0.25) is 0 Å². The van der Waals surface area contributed by atoms with E-state index in [4.69, 9.17) is 5.73 Å². The topological polar surface area (TPSA) is 38.9 Å². The molecule has 2 N–H and O–H groups in total. The molecule has 2 rings (SSSR count). The Labute approximate surface area is 100 Å². The van der Waals surface area contributed by atoms with Crippen LogP contribution in [-0.4, -0.2) is 11.5 Å². The third-order valence-corrected chi connectivity index (χ3v) is 3.51. The molecule has 0 unspecified atom stereocenters. The fraction of sp³-hybridized carbons (Fsp3) is 0.308. The first kappa shape index (κ1) is 11.3. The zero-order valence-corrected chi connectivity index (χ0v) is 10.3. The van der Waals surface area contributed by atoms with Gasteiger partial charge >= 0.3 is 0 Å². The summed E-state index contributed by atoms with van der Waals surface area (Å²) in [5.41, 5.74) is 7.84. The summed E-state index contributed by atoms with van der Waals surface area (Å²) in [6.07, 6.45) is 2.01. The molecular formula is C13H16N2S. The Morgan fingerprint density at radius 3 is 2.69 bits per heavy atom. The van der Waals surface area contributed by atoms with Gasteiger partial charge < -0.3 is 5.73 Å². The predicted octanol–water partition coefficient (Wildman–Crippen LogP) is 3.01. The summed E-state index contributed by atoms with van der Waals surface area (Å²) in [6.45, 7) is 2.87. The van der Waals surface area contributed by atoms with Gasteiger partial charge in [0.1, 0.15) is 0 Å². The van der Waals surface area contributed by atoms with Crippen molar-refractivity contribution in [2.45, 2.75) is 19.8 Å². The van der Waals surface area contributed by atoms with Gasteiger partial charge in [0, 0.05) is 16.9 Å². The quantitative estimate of drug-likeness (QED) is 0.880. The Kier molecular flexibility index (Phi) is 3.70. The molecule has 84 valence electrons. The molecule has 0 spiro atoms. The average Bonchev–Trinajstić information content (AvgIpc) is 2.69. The molecular weight excluding hydrogens is 216 g/mol. The number of nitrogens with two attached hydrogens (primary N) is 1. The van der Waals surface area contributed by atoms with E-state index < -0.39 is 0 Å². The van der Waals surface area contributed by atoms with E-state index in [1.165, 1.54) is 15.4 Å². The number of aromatic nitrogens is 1.